The lowest BCUT2D eigenvalue weighted by atomic mass is 10.0. The van der Waals surface area contributed by atoms with Crippen LogP contribution in [0.15, 0.2) is 24.3 Å². The number of hydrogen-bond acceptors (Lipinski definition) is 4. The molecule has 0 heterocycles. The number of halogens is 2. The van der Waals surface area contributed by atoms with Crippen molar-refractivity contribution in [2.24, 2.45) is 0 Å². The summed E-state index contributed by atoms with van der Waals surface area (Å²) in [6.07, 6.45) is 0. The van der Waals surface area contributed by atoms with E-state index in [4.69, 9.17) is 42.1 Å². The van der Waals surface area contributed by atoms with E-state index >= 15 is 0 Å². The minimum Gasteiger partial charge on any atom is -0.493 e. The molecule has 0 saturated carbocycles. The van der Waals surface area contributed by atoms with E-state index in [9.17, 15) is 0 Å². The van der Waals surface area contributed by atoms with Crippen LogP contribution in [-0.4, -0.2) is 28.4 Å². The first-order chi connectivity index (χ1) is 11.5. The molecule has 0 aromatic heterocycles. The maximum atomic E-state index is 6.64. The van der Waals surface area contributed by atoms with E-state index in [1.807, 2.05) is 24.3 Å². The Morgan fingerprint density at radius 1 is 0.500 bits per heavy atom. The maximum absolute atomic E-state index is 6.64. The lowest BCUT2D eigenvalue weighted by molar-refractivity contribution is 0.355. The zero-order valence-corrected chi connectivity index (χ0v) is 15.2. The fourth-order valence-electron chi connectivity index (χ4n) is 2.77. The summed E-state index contributed by atoms with van der Waals surface area (Å²) in [5, 5.41) is 4.23. The molecule has 0 saturated heterocycles. The molecule has 3 aromatic rings. The molecule has 0 N–H and O–H groups in total. The molecule has 0 spiro atoms. The Labute approximate surface area is 149 Å². The van der Waals surface area contributed by atoms with Gasteiger partial charge in [-0.3, -0.25) is 0 Å². The van der Waals surface area contributed by atoms with Crippen molar-refractivity contribution in [3.63, 3.8) is 0 Å². The van der Waals surface area contributed by atoms with Gasteiger partial charge in [0.15, 0.2) is 23.0 Å². The van der Waals surface area contributed by atoms with Crippen molar-refractivity contribution in [1.29, 1.82) is 0 Å². The zero-order valence-electron chi connectivity index (χ0n) is 13.7. The minimum absolute atomic E-state index is 0.561. The van der Waals surface area contributed by atoms with Crippen LogP contribution in [0.25, 0.3) is 21.5 Å². The van der Waals surface area contributed by atoms with Gasteiger partial charge in [-0.1, -0.05) is 23.2 Å². The molecule has 6 heteroatoms. The fourth-order valence-corrected chi connectivity index (χ4v) is 3.40. The Balaban J connectivity index is 2.48. The molecule has 0 fully saturated rings. The highest BCUT2D eigenvalue weighted by molar-refractivity contribution is 6.47. The second-order valence-corrected chi connectivity index (χ2v) is 5.89. The molecule has 0 aliphatic rings. The van der Waals surface area contributed by atoms with E-state index < -0.39 is 0 Å². The number of ether oxygens (including phenoxy) is 4. The Morgan fingerprint density at radius 2 is 0.708 bits per heavy atom. The first-order valence-electron chi connectivity index (χ1n) is 7.14. The van der Waals surface area contributed by atoms with Gasteiger partial charge in [-0.05, 0) is 24.3 Å². The number of methoxy groups -OCH3 is 4. The van der Waals surface area contributed by atoms with Crippen LogP contribution in [0.5, 0.6) is 23.0 Å². The van der Waals surface area contributed by atoms with Crippen LogP contribution in [0.3, 0.4) is 0 Å². The van der Waals surface area contributed by atoms with Crippen LogP contribution in [0, 0.1) is 0 Å². The summed E-state index contributed by atoms with van der Waals surface area (Å²) < 4.78 is 21.4. The van der Waals surface area contributed by atoms with Crippen LogP contribution in [-0.2, 0) is 0 Å². The molecule has 126 valence electrons. The van der Waals surface area contributed by atoms with Gasteiger partial charge in [0.25, 0.3) is 0 Å². The van der Waals surface area contributed by atoms with Crippen molar-refractivity contribution in [1.82, 2.24) is 0 Å². The van der Waals surface area contributed by atoms with Gasteiger partial charge in [-0.15, -0.1) is 0 Å². The van der Waals surface area contributed by atoms with Gasteiger partial charge in [0, 0.05) is 21.5 Å². The molecule has 24 heavy (non-hydrogen) atoms. The molecule has 0 bridgehead atoms. The van der Waals surface area contributed by atoms with E-state index in [1.165, 1.54) is 0 Å². The highest BCUT2D eigenvalue weighted by Gasteiger charge is 2.18. The monoisotopic (exact) mass is 366 g/mol. The van der Waals surface area contributed by atoms with Crippen molar-refractivity contribution < 1.29 is 18.9 Å². The molecule has 0 atom stereocenters. The zero-order chi connectivity index (χ0) is 17.4. The Morgan fingerprint density at radius 3 is 0.875 bits per heavy atom. The quantitative estimate of drug-likeness (QED) is 0.584. The summed E-state index contributed by atoms with van der Waals surface area (Å²) in [5.41, 5.74) is 0. The van der Waals surface area contributed by atoms with Crippen molar-refractivity contribution in [2.75, 3.05) is 28.4 Å². The van der Waals surface area contributed by atoms with Gasteiger partial charge in [-0.25, -0.2) is 0 Å². The van der Waals surface area contributed by atoms with Crippen molar-refractivity contribution >= 4 is 44.7 Å². The highest BCUT2D eigenvalue weighted by Crippen LogP contribution is 2.46. The summed E-state index contributed by atoms with van der Waals surface area (Å²) in [5.74, 6) is 2.34. The summed E-state index contributed by atoms with van der Waals surface area (Å²) in [7, 11) is 6.31. The van der Waals surface area contributed by atoms with Crippen molar-refractivity contribution in [3.8, 4) is 23.0 Å². The normalized spacial score (nSPS) is 10.9. The average Bonchev–Trinajstić information content (AvgIpc) is 2.63. The number of hydrogen-bond donors (Lipinski definition) is 0. The van der Waals surface area contributed by atoms with Gasteiger partial charge in [-0.2, -0.15) is 0 Å². The van der Waals surface area contributed by atoms with Gasteiger partial charge in [0.1, 0.15) is 0 Å². The Bertz CT molecular complexity index is 789. The fraction of sp³-hybridized carbons (Fsp3) is 0.222. The van der Waals surface area contributed by atoms with E-state index in [0.29, 0.717) is 33.0 Å². The molecular weight excluding hydrogens is 351 g/mol. The van der Waals surface area contributed by atoms with Crippen LogP contribution < -0.4 is 18.9 Å². The molecule has 0 aliphatic carbocycles. The van der Waals surface area contributed by atoms with Gasteiger partial charge in [0.2, 0.25) is 0 Å². The van der Waals surface area contributed by atoms with Crippen LogP contribution >= 0.6 is 23.2 Å². The summed E-state index contributed by atoms with van der Waals surface area (Å²) >= 11 is 13.3. The predicted octanol–water partition coefficient (Wildman–Crippen LogP) is 5.33. The predicted molar refractivity (Wildman–Crippen MR) is 97.7 cm³/mol. The molecule has 3 aromatic carbocycles. The van der Waals surface area contributed by atoms with E-state index in [1.54, 1.807) is 28.4 Å². The van der Waals surface area contributed by atoms with Gasteiger partial charge in [0.05, 0.1) is 38.5 Å². The topological polar surface area (TPSA) is 36.9 Å². The first-order valence-corrected chi connectivity index (χ1v) is 7.89. The lowest BCUT2D eigenvalue weighted by Crippen LogP contribution is -1.94. The van der Waals surface area contributed by atoms with Crippen molar-refractivity contribution in [2.45, 2.75) is 0 Å². The van der Waals surface area contributed by atoms with Gasteiger partial charge < -0.3 is 18.9 Å². The molecule has 0 amide bonds. The minimum atomic E-state index is 0.561. The Kier molecular flexibility index (Phi) is 4.52. The standard InChI is InChI=1S/C18H16Cl2O4/c1-21-13-5-9-10(6-14(13)22-2)18(20)12-8-16(24-4)15(23-3)7-11(12)17(9)19/h5-8H,1-4H3. The van der Waals surface area contributed by atoms with Gasteiger partial charge >= 0.3 is 0 Å². The molecule has 3 rings (SSSR count). The maximum Gasteiger partial charge on any atom is 0.161 e. The lowest BCUT2D eigenvalue weighted by Gasteiger charge is -2.15. The number of benzene rings is 3. The molecule has 0 radical (unpaired) electrons. The molecular formula is C18H16Cl2O4. The SMILES string of the molecule is COc1cc2c(Cl)c3cc(OC)c(OC)cc3c(Cl)c2cc1OC. The van der Waals surface area contributed by atoms with E-state index in [0.717, 1.165) is 21.5 Å². The van der Waals surface area contributed by atoms with Crippen LogP contribution in [0.1, 0.15) is 0 Å². The summed E-state index contributed by atoms with van der Waals surface area (Å²) in [6, 6.07) is 7.27. The third kappa shape index (κ3) is 2.46. The van der Waals surface area contributed by atoms with E-state index in [-0.39, 0.29) is 0 Å². The smallest absolute Gasteiger partial charge is 0.161 e. The second-order valence-electron chi connectivity index (χ2n) is 5.13. The largest absolute Gasteiger partial charge is 0.493 e. The summed E-state index contributed by atoms with van der Waals surface area (Å²) in [4.78, 5) is 0. The molecule has 0 unspecified atom stereocenters. The number of fused-ring (bicyclic) bond motifs is 2. The molecule has 4 nitrogen and oxygen atoms in total. The highest BCUT2D eigenvalue weighted by atomic mass is 35.5. The average molecular weight is 367 g/mol. The third-order valence-electron chi connectivity index (χ3n) is 3.99. The van der Waals surface area contributed by atoms with Crippen LogP contribution in [0.2, 0.25) is 10.0 Å². The Hall–Kier alpha value is -2.04. The van der Waals surface area contributed by atoms with E-state index in [2.05, 4.69) is 0 Å². The van der Waals surface area contributed by atoms with Crippen molar-refractivity contribution in [3.05, 3.63) is 34.3 Å². The number of rotatable bonds is 4. The first kappa shape index (κ1) is 16.8. The molecule has 0 aliphatic heterocycles. The van der Waals surface area contributed by atoms with Crippen LogP contribution in [0.4, 0.5) is 0 Å². The summed E-state index contributed by atoms with van der Waals surface area (Å²) in [6.45, 7) is 0. The second kappa shape index (κ2) is 6.46. The third-order valence-corrected chi connectivity index (χ3v) is 4.81.